The number of rotatable bonds is 8. The van der Waals surface area contributed by atoms with Crippen LogP contribution < -0.4 is 5.73 Å². The highest BCUT2D eigenvalue weighted by atomic mass is 16.5. The third-order valence-corrected chi connectivity index (χ3v) is 2.51. The molecule has 4 heteroatoms. The highest BCUT2D eigenvalue weighted by molar-refractivity contribution is 5.76. The molecule has 0 rings (SSSR count). The second-order valence-electron chi connectivity index (χ2n) is 3.62. The molecular weight excluding hydrogens is 192 g/mol. The van der Waals surface area contributed by atoms with Gasteiger partial charge in [-0.1, -0.05) is 13.3 Å². The third kappa shape index (κ3) is 5.74. The zero-order valence-corrected chi connectivity index (χ0v) is 10.2. The first-order chi connectivity index (χ1) is 7.19. The number of carbonyl (C=O) groups is 1. The van der Waals surface area contributed by atoms with Crippen molar-refractivity contribution in [2.24, 2.45) is 5.73 Å². The number of methoxy groups -OCH3 is 1. The van der Waals surface area contributed by atoms with Crippen LogP contribution in [0.5, 0.6) is 0 Å². The summed E-state index contributed by atoms with van der Waals surface area (Å²) in [7, 11) is 1.59. The number of nitrogens with two attached hydrogens (primary N) is 1. The maximum Gasteiger partial charge on any atom is 0.225 e. The van der Waals surface area contributed by atoms with E-state index in [4.69, 9.17) is 10.5 Å². The molecular formula is C11H24N2O2. The van der Waals surface area contributed by atoms with E-state index < -0.39 is 0 Å². The Labute approximate surface area is 92.8 Å². The quantitative estimate of drug-likeness (QED) is 0.658. The molecule has 0 saturated carbocycles. The van der Waals surface area contributed by atoms with Crippen LogP contribution >= 0.6 is 0 Å². The summed E-state index contributed by atoms with van der Waals surface area (Å²) in [6.07, 6.45) is 2.41. The summed E-state index contributed by atoms with van der Waals surface area (Å²) in [6.45, 7) is 6.12. The van der Waals surface area contributed by atoms with E-state index in [1.54, 1.807) is 7.11 Å². The van der Waals surface area contributed by atoms with Crippen LogP contribution in [-0.2, 0) is 9.53 Å². The Morgan fingerprint density at radius 3 is 2.53 bits per heavy atom. The van der Waals surface area contributed by atoms with Crippen molar-refractivity contribution in [2.45, 2.75) is 39.2 Å². The van der Waals surface area contributed by atoms with E-state index in [-0.39, 0.29) is 12.0 Å². The second-order valence-corrected chi connectivity index (χ2v) is 3.62. The number of unbranched alkanes of at least 4 members (excludes halogenated alkanes) is 1. The molecule has 0 spiro atoms. The van der Waals surface area contributed by atoms with Crippen molar-refractivity contribution < 1.29 is 9.53 Å². The Morgan fingerprint density at radius 2 is 2.13 bits per heavy atom. The molecule has 0 radical (unpaired) electrons. The van der Waals surface area contributed by atoms with E-state index in [9.17, 15) is 4.79 Å². The predicted molar refractivity (Wildman–Crippen MR) is 61.6 cm³/mol. The topological polar surface area (TPSA) is 55.6 Å². The lowest BCUT2D eigenvalue weighted by Gasteiger charge is -2.22. The van der Waals surface area contributed by atoms with Crippen molar-refractivity contribution in [3.63, 3.8) is 0 Å². The molecule has 1 amide bonds. The molecule has 0 aromatic rings. The van der Waals surface area contributed by atoms with Crippen LogP contribution in [0.4, 0.5) is 0 Å². The van der Waals surface area contributed by atoms with E-state index in [0.29, 0.717) is 13.0 Å². The van der Waals surface area contributed by atoms with Crippen molar-refractivity contribution in [3.05, 3.63) is 0 Å². The van der Waals surface area contributed by atoms with Crippen molar-refractivity contribution in [1.82, 2.24) is 4.90 Å². The summed E-state index contributed by atoms with van der Waals surface area (Å²) in [5.41, 5.74) is 5.48. The van der Waals surface area contributed by atoms with Crippen LogP contribution in [0.3, 0.4) is 0 Å². The first kappa shape index (κ1) is 14.4. The van der Waals surface area contributed by atoms with Crippen molar-refractivity contribution >= 4 is 5.91 Å². The Bertz CT molecular complexity index is 170. The normalized spacial score (nSPS) is 12.5. The van der Waals surface area contributed by atoms with Crippen molar-refractivity contribution in [1.29, 1.82) is 0 Å². The van der Waals surface area contributed by atoms with Crippen molar-refractivity contribution in [2.75, 3.05) is 26.7 Å². The first-order valence-corrected chi connectivity index (χ1v) is 5.70. The average Bonchev–Trinajstić information content (AvgIpc) is 2.26. The van der Waals surface area contributed by atoms with Crippen LogP contribution in [0.2, 0.25) is 0 Å². The fraction of sp³-hybridized carbons (Fsp3) is 0.909. The second kappa shape index (κ2) is 8.68. The average molecular weight is 216 g/mol. The molecule has 0 aliphatic carbocycles. The minimum Gasteiger partial charge on any atom is -0.380 e. The molecule has 4 nitrogen and oxygen atoms in total. The zero-order chi connectivity index (χ0) is 11.7. The van der Waals surface area contributed by atoms with Gasteiger partial charge in [-0.25, -0.2) is 0 Å². The highest BCUT2D eigenvalue weighted by Crippen LogP contribution is 2.03. The van der Waals surface area contributed by atoms with Gasteiger partial charge >= 0.3 is 0 Å². The molecule has 0 aliphatic rings. The smallest absolute Gasteiger partial charge is 0.225 e. The van der Waals surface area contributed by atoms with Gasteiger partial charge < -0.3 is 15.4 Å². The number of ether oxygens (including phenoxy) is 1. The fourth-order valence-electron chi connectivity index (χ4n) is 1.39. The number of carbonyl (C=O) groups excluding carboxylic acids is 1. The van der Waals surface area contributed by atoms with Gasteiger partial charge in [0.25, 0.3) is 0 Å². The molecule has 0 aromatic heterocycles. The lowest BCUT2D eigenvalue weighted by atomic mass is 10.2. The SMILES string of the molecule is CCCCN(CC)C(=O)CC(CN)OC. The van der Waals surface area contributed by atoms with Crippen molar-refractivity contribution in [3.8, 4) is 0 Å². The van der Waals surface area contributed by atoms with E-state index in [1.165, 1.54) is 0 Å². The molecule has 0 aromatic carbocycles. The molecule has 1 unspecified atom stereocenters. The lowest BCUT2D eigenvalue weighted by Crippen LogP contribution is -2.36. The number of hydrogen-bond acceptors (Lipinski definition) is 3. The van der Waals surface area contributed by atoms with Gasteiger partial charge in [-0.3, -0.25) is 4.79 Å². The Morgan fingerprint density at radius 1 is 1.47 bits per heavy atom. The molecule has 15 heavy (non-hydrogen) atoms. The molecule has 0 fully saturated rings. The van der Waals surface area contributed by atoms with E-state index in [2.05, 4.69) is 6.92 Å². The molecule has 1 atom stereocenters. The molecule has 0 heterocycles. The third-order valence-electron chi connectivity index (χ3n) is 2.51. The van der Waals surface area contributed by atoms with E-state index >= 15 is 0 Å². The summed E-state index contributed by atoms with van der Waals surface area (Å²) >= 11 is 0. The molecule has 90 valence electrons. The number of amides is 1. The minimum absolute atomic E-state index is 0.142. The van der Waals surface area contributed by atoms with Gasteiger partial charge in [0.15, 0.2) is 0 Å². The molecule has 0 saturated heterocycles. The first-order valence-electron chi connectivity index (χ1n) is 5.70. The maximum absolute atomic E-state index is 11.8. The Balaban J connectivity index is 4.02. The Hall–Kier alpha value is -0.610. The standard InChI is InChI=1S/C11H24N2O2/c1-4-6-7-13(5-2)11(14)8-10(9-12)15-3/h10H,4-9,12H2,1-3H3. The summed E-state index contributed by atoms with van der Waals surface area (Å²) in [4.78, 5) is 13.7. The number of nitrogens with zero attached hydrogens (tertiary/aromatic N) is 1. The maximum atomic E-state index is 11.8. The van der Waals surface area contributed by atoms with Crippen LogP contribution in [0.25, 0.3) is 0 Å². The van der Waals surface area contributed by atoms with Crippen LogP contribution in [0.15, 0.2) is 0 Å². The van der Waals surface area contributed by atoms with Crippen LogP contribution in [0, 0.1) is 0 Å². The predicted octanol–water partition coefficient (Wildman–Crippen LogP) is 0.999. The van der Waals surface area contributed by atoms with Gasteiger partial charge in [0.1, 0.15) is 0 Å². The molecule has 0 bridgehead atoms. The van der Waals surface area contributed by atoms with Gasteiger partial charge in [-0.05, 0) is 13.3 Å². The summed E-state index contributed by atoms with van der Waals surface area (Å²) in [5.74, 6) is 0.142. The summed E-state index contributed by atoms with van der Waals surface area (Å²) in [6, 6.07) is 0. The highest BCUT2D eigenvalue weighted by Gasteiger charge is 2.16. The zero-order valence-electron chi connectivity index (χ0n) is 10.2. The monoisotopic (exact) mass is 216 g/mol. The van der Waals surface area contributed by atoms with Gasteiger partial charge in [0.2, 0.25) is 5.91 Å². The van der Waals surface area contributed by atoms with Gasteiger partial charge in [-0.2, -0.15) is 0 Å². The minimum atomic E-state index is -0.145. The van der Waals surface area contributed by atoms with Crippen LogP contribution in [0.1, 0.15) is 33.1 Å². The molecule has 0 aliphatic heterocycles. The van der Waals surface area contributed by atoms with Gasteiger partial charge in [0.05, 0.1) is 12.5 Å². The number of hydrogen-bond donors (Lipinski definition) is 1. The largest absolute Gasteiger partial charge is 0.380 e. The molecule has 2 N–H and O–H groups in total. The van der Waals surface area contributed by atoms with Crippen LogP contribution in [-0.4, -0.2) is 43.7 Å². The Kier molecular flexibility index (Phi) is 8.33. The summed E-state index contributed by atoms with van der Waals surface area (Å²) < 4.78 is 5.10. The van der Waals surface area contributed by atoms with Gasteiger partial charge in [-0.15, -0.1) is 0 Å². The van der Waals surface area contributed by atoms with E-state index in [0.717, 1.165) is 25.9 Å². The lowest BCUT2D eigenvalue weighted by molar-refractivity contribution is -0.133. The van der Waals surface area contributed by atoms with Gasteiger partial charge in [0, 0.05) is 26.7 Å². The summed E-state index contributed by atoms with van der Waals surface area (Å²) in [5, 5.41) is 0. The van der Waals surface area contributed by atoms with E-state index in [1.807, 2.05) is 11.8 Å². The fourth-order valence-corrected chi connectivity index (χ4v) is 1.39.